The standard InChI is InChI=1S/C22H34N4O2.ClH/c1-16(20(23)17-8-4-2-5-9-17)21(27)26-14-12-19(13-15-26)25-22(28)24-18-10-6-3-7-11-18;/h2,4-5,8-9,16,18-20H,3,6-7,10-15,23H2,1H3,(H2,24,25,28);1H. The maximum atomic E-state index is 12.9. The first-order valence-corrected chi connectivity index (χ1v) is 10.7. The molecule has 162 valence electrons. The zero-order chi connectivity index (χ0) is 19.9. The Morgan fingerprint density at radius 1 is 0.966 bits per heavy atom. The number of likely N-dealkylation sites (tertiary alicyclic amines) is 1. The third kappa shape index (κ3) is 6.61. The van der Waals surface area contributed by atoms with Crippen LogP contribution in [0, 0.1) is 5.92 Å². The van der Waals surface area contributed by atoms with Gasteiger partial charge in [0.1, 0.15) is 0 Å². The lowest BCUT2D eigenvalue weighted by molar-refractivity contribution is -0.136. The van der Waals surface area contributed by atoms with Crippen LogP contribution < -0.4 is 16.4 Å². The van der Waals surface area contributed by atoms with Gasteiger partial charge in [-0.15, -0.1) is 12.4 Å². The molecule has 2 atom stereocenters. The van der Waals surface area contributed by atoms with Crippen LogP contribution >= 0.6 is 12.4 Å². The summed E-state index contributed by atoms with van der Waals surface area (Å²) in [7, 11) is 0. The van der Waals surface area contributed by atoms with Gasteiger partial charge in [-0.25, -0.2) is 4.79 Å². The largest absolute Gasteiger partial charge is 0.342 e. The number of carbonyl (C=O) groups excluding carboxylic acids is 2. The molecule has 1 heterocycles. The molecule has 2 unspecified atom stereocenters. The molecule has 7 heteroatoms. The van der Waals surface area contributed by atoms with Crippen molar-refractivity contribution in [2.24, 2.45) is 11.7 Å². The Bertz CT molecular complexity index is 643. The average molecular weight is 423 g/mol. The normalized spacial score (nSPS) is 20.3. The van der Waals surface area contributed by atoms with Gasteiger partial charge in [-0.2, -0.15) is 0 Å². The topological polar surface area (TPSA) is 87.5 Å². The van der Waals surface area contributed by atoms with Crippen molar-refractivity contribution in [1.29, 1.82) is 0 Å². The van der Waals surface area contributed by atoms with Crippen LogP contribution in [-0.2, 0) is 4.79 Å². The number of benzene rings is 1. The molecule has 4 N–H and O–H groups in total. The summed E-state index contributed by atoms with van der Waals surface area (Å²) in [5.74, 6) is -0.164. The summed E-state index contributed by atoms with van der Waals surface area (Å²) in [6.07, 6.45) is 7.43. The van der Waals surface area contributed by atoms with Crippen molar-refractivity contribution in [2.75, 3.05) is 13.1 Å². The number of halogens is 1. The summed E-state index contributed by atoms with van der Waals surface area (Å²) in [4.78, 5) is 27.0. The number of carbonyl (C=O) groups is 2. The number of urea groups is 1. The van der Waals surface area contributed by atoms with Crippen molar-refractivity contribution in [1.82, 2.24) is 15.5 Å². The van der Waals surface area contributed by atoms with Crippen LogP contribution in [0.5, 0.6) is 0 Å². The first-order chi connectivity index (χ1) is 13.5. The number of nitrogens with one attached hydrogen (secondary N) is 2. The summed E-state index contributed by atoms with van der Waals surface area (Å²) in [5.41, 5.74) is 7.30. The van der Waals surface area contributed by atoms with Crippen LogP contribution in [0.3, 0.4) is 0 Å². The molecule has 1 saturated heterocycles. The highest BCUT2D eigenvalue weighted by Crippen LogP contribution is 2.23. The second kappa shape index (κ2) is 11.4. The molecule has 1 aromatic carbocycles. The van der Waals surface area contributed by atoms with E-state index >= 15 is 0 Å². The van der Waals surface area contributed by atoms with Gasteiger partial charge < -0.3 is 21.3 Å². The van der Waals surface area contributed by atoms with Gasteiger partial charge in [0.15, 0.2) is 0 Å². The number of piperidine rings is 1. The van der Waals surface area contributed by atoms with E-state index < -0.39 is 0 Å². The van der Waals surface area contributed by atoms with Gasteiger partial charge in [-0.1, -0.05) is 56.5 Å². The van der Waals surface area contributed by atoms with Crippen LogP contribution in [0.25, 0.3) is 0 Å². The van der Waals surface area contributed by atoms with Gasteiger partial charge in [-0.05, 0) is 31.2 Å². The molecule has 6 nitrogen and oxygen atoms in total. The monoisotopic (exact) mass is 422 g/mol. The van der Waals surface area contributed by atoms with Gasteiger partial charge in [0.2, 0.25) is 5.91 Å². The number of rotatable bonds is 5. The van der Waals surface area contributed by atoms with E-state index in [1.165, 1.54) is 19.3 Å². The Balaban J connectivity index is 0.00000300. The molecule has 2 fully saturated rings. The Hall–Kier alpha value is -1.79. The molecule has 29 heavy (non-hydrogen) atoms. The van der Waals surface area contributed by atoms with Crippen molar-refractivity contribution < 1.29 is 9.59 Å². The average Bonchev–Trinajstić information content (AvgIpc) is 2.74. The summed E-state index contributed by atoms with van der Waals surface area (Å²) in [6, 6.07) is 9.86. The quantitative estimate of drug-likeness (QED) is 0.679. The fourth-order valence-electron chi connectivity index (χ4n) is 4.31. The van der Waals surface area contributed by atoms with Crippen molar-refractivity contribution in [3.05, 3.63) is 35.9 Å². The highest BCUT2D eigenvalue weighted by Gasteiger charge is 2.30. The Labute approximate surface area is 180 Å². The molecule has 1 aromatic rings. The van der Waals surface area contributed by atoms with E-state index in [0.29, 0.717) is 19.1 Å². The summed E-state index contributed by atoms with van der Waals surface area (Å²) in [6.45, 7) is 3.24. The lowest BCUT2D eigenvalue weighted by atomic mass is 9.93. The maximum Gasteiger partial charge on any atom is 0.315 e. The molecule has 0 aromatic heterocycles. The van der Waals surface area contributed by atoms with Crippen LogP contribution in [0.2, 0.25) is 0 Å². The van der Waals surface area contributed by atoms with Crippen LogP contribution in [0.1, 0.15) is 63.5 Å². The van der Waals surface area contributed by atoms with Gasteiger partial charge >= 0.3 is 6.03 Å². The minimum absolute atomic E-state index is 0. The summed E-state index contributed by atoms with van der Waals surface area (Å²) >= 11 is 0. The SMILES string of the molecule is CC(C(=O)N1CCC(NC(=O)NC2CCCCC2)CC1)C(N)c1ccccc1.Cl. The fraction of sp³-hybridized carbons (Fsp3) is 0.636. The highest BCUT2D eigenvalue weighted by atomic mass is 35.5. The molecule has 1 aliphatic heterocycles. The first kappa shape index (κ1) is 23.5. The zero-order valence-electron chi connectivity index (χ0n) is 17.3. The van der Waals surface area contributed by atoms with Crippen molar-refractivity contribution in [3.8, 4) is 0 Å². The van der Waals surface area contributed by atoms with Gasteiger partial charge in [0, 0.05) is 31.2 Å². The predicted molar refractivity (Wildman–Crippen MR) is 118 cm³/mol. The summed E-state index contributed by atoms with van der Waals surface area (Å²) < 4.78 is 0. The number of nitrogens with two attached hydrogens (primary N) is 1. The van der Waals surface area contributed by atoms with E-state index in [4.69, 9.17) is 5.73 Å². The molecule has 1 saturated carbocycles. The molecule has 3 amide bonds. The van der Waals surface area contributed by atoms with Crippen molar-refractivity contribution in [3.63, 3.8) is 0 Å². The minimum atomic E-state index is -0.300. The molecule has 2 aliphatic rings. The number of hydrogen-bond donors (Lipinski definition) is 3. The van der Waals surface area contributed by atoms with E-state index in [1.54, 1.807) is 0 Å². The molecule has 0 spiro atoms. The summed E-state index contributed by atoms with van der Waals surface area (Å²) in [5, 5.41) is 6.20. The molecular formula is C22H35ClN4O2. The predicted octanol–water partition coefficient (Wildman–Crippen LogP) is 3.37. The van der Waals surface area contributed by atoms with Crippen LogP contribution in [0.4, 0.5) is 4.79 Å². The first-order valence-electron chi connectivity index (χ1n) is 10.7. The Morgan fingerprint density at radius 2 is 1.52 bits per heavy atom. The van der Waals surface area contributed by atoms with Crippen molar-refractivity contribution in [2.45, 2.75) is 70.0 Å². The number of hydrogen-bond acceptors (Lipinski definition) is 3. The van der Waals surface area contributed by atoms with Gasteiger partial charge in [-0.3, -0.25) is 4.79 Å². The molecular weight excluding hydrogens is 388 g/mol. The van der Waals surface area contributed by atoms with Gasteiger partial charge in [0.05, 0.1) is 5.92 Å². The van der Waals surface area contributed by atoms with E-state index in [0.717, 1.165) is 31.2 Å². The number of amides is 3. The highest BCUT2D eigenvalue weighted by molar-refractivity contribution is 5.85. The Morgan fingerprint density at radius 3 is 2.10 bits per heavy atom. The lowest BCUT2D eigenvalue weighted by Crippen LogP contribution is -2.52. The zero-order valence-corrected chi connectivity index (χ0v) is 18.1. The molecule has 0 radical (unpaired) electrons. The minimum Gasteiger partial charge on any atom is -0.342 e. The third-order valence-electron chi connectivity index (χ3n) is 6.19. The van der Waals surface area contributed by atoms with Crippen molar-refractivity contribution >= 4 is 24.3 Å². The fourth-order valence-corrected chi connectivity index (χ4v) is 4.31. The second-order valence-corrected chi connectivity index (χ2v) is 8.28. The third-order valence-corrected chi connectivity index (χ3v) is 6.19. The maximum absolute atomic E-state index is 12.9. The van der Waals surface area contributed by atoms with E-state index in [1.807, 2.05) is 42.2 Å². The molecule has 0 bridgehead atoms. The van der Waals surface area contributed by atoms with E-state index in [-0.39, 0.29) is 42.3 Å². The van der Waals surface area contributed by atoms with Gasteiger partial charge in [0.25, 0.3) is 0 Å². The molecule has 3 rings (SSSR count). The smallest absolute Gasteiger partial charge is 0.315 e. The second-order valence-electron chi connectivity index (χ2n) is 8.28. The Kier molecular flexibility index (Phi) is 9.24. The van der Waals surface area contributed by atoms with Crippen LogP contribution in [0.15, 0.2) is 30.3 Å². The lowest BCUT2D eigenvalue weighted by Gasteiger charge is -2.35. The van der Waals surface area contributed by atoms with E-state index in [9.17, 15) is 9.59 Å². The molecule has 1 aliphatic carbocycles. The van der Waals surface area contributed by atoms with E-state index in [2.05, 4.69) is 10.6 Å². The van der Waals surface area contributed by atoms with Crippen LogP contribution in [-0.4, -0.2) is 42.0 Å². The number of nitrogens with zero attached hydrogens (tertiary/aromatic N) is 1.